The van der Waals surface area contributed by atoms with Gasteiger partial charge >= 0.3 is 6.03 Å². The largest absolute Gasteiger partial charge is 0.483 e. The third kappa shape index (κ3) is 3.69. The highest BCUT2D eigenvalue weighted by molar-refractivity contribution is 5.74. The molecule has 3 saturated carbocycles. The van der Waals surface area contributed by atoms with Crippen molar-refractivity contribution in [2.24, 2.45) is 29.1 Å². The van der Waals surface area contributed by atoms with Crippen molar-refractivity contribution in [2.75, 3.05) is 19.8 Å². The number of carbonyl (C=O) groups excluding carboxylic acids is 1. The molecule has 1 unspecified atom stereocenters. The summed E-state index contributed by atoms with van der Waals surface area (Å²) < 4.78 is 18.0. The third-order valence-electron chi connectivity index (χ3n) is 8.60. The van der Waals surface area contributed by atoms with Crippen molar-refractivity contribution in [3.8, 4) is 5.75 Å². The van der Waals surface area contributed by atoms with Gasteiger partial charge in [-0.3, -0.25) is 4.98 Å². The summed E-state index contributed by atoms with van der Waals surface area (Å²) in [6.45, 7) is 10.7. The summed E-state index contributed by atoms with van der Waals surface area (Å²) in [6.07, 6.45) is 3.77. The van der Waals surface area contributed by atoms with Crippen LogP contribution < -0.4 is 15.4 Å². The number of pyridine rings is 1. The number of nitrogens with zero attached hydrogens (tertiary/aromatic N) is 1. The van der Waals surface area contributed by atoms with Gasteiger partial charge in [0.1, 0.15) is 18.0 Å². The molecule has 6 rings (SSSR count). The minimum atomic E-state index is -0.194. The summed E-state index contributed by atoms with van der Waals surface area (Å²) in [5.74, 6) is 3.57. The number of hydrogen-bond acceptors (Lipinski definition) is 5. The fourth-order valence-electron chi connectivity index (χ4n) is 6.42. The van der Waals surface area contributed by atoms with E-state index in [2.05, 4.69) is 36.4 Å². The second-order valence-corrected chi connectivity index (χ2v) is 10.5. The van der Waals surface area contributed by atoms with Crippen LogP contribution in [0.2, 0.25) is 0 Å². The lowest BCUT2D eigenvalue weighted by Gasteiger charge is -2.62. The van der Waals surface area contributed by atoms with Crippen molar-refractivity contribution >= 4 is 6.03 Å². The summed E-state index contributed by atoms with van der Waals surface area (Å²) in [7, 11) is 0. The van der Waals surface area contributed by atoms with Crippen molar-refractivity contribution in [1.29, 1.82) is 0 Å². The van der Waals surface area contributed by atoms with Crippen LogP contribution in [-0.4, -0.2) is 55.1 Å². The number of carbonyl (C=O) groups is 1. The number of ether oxygens (including phenoxy) is 3. The number of rotatable bonds is 5. The number of aryl methyl sites for hydroxylation is 1. The molecule has 3 heterocycles. The zero-order valence-corrected chi connectivity index (χ0v) is 19.0. The molecule has 5 fully saturated rings. The Bertz CT molecular complexity index is 831. The van der Waals surface area contributed by atoms with E-state index in [1.807, 2.05) is 19.1 Å². The van der Waals surface area contributed by atoms with Crippen LogP contribution in [0.25, 0.3) is 0 Å². The maximum Gasteiger partial charge on any atom is 0.315 e. The third-order valence-corrected chi connectivity index (χ3v) is 8.60. The van der Waals surface area contributed by atoms with Gasteiger partial charge in [0, 0.05) is 12.7 Å². The monoisotopic (exact) mass is 429 g/mol. The lowest BCUT2D eigenvalue weighted by Crippen LogP contribution is -2.57. The van der Waals surface area contributed by atoms with E-state index in [0.29, 0.717) is 30.5 Å². The van der Waals surface area contributed by atoms with Gasteiger partial charge in [-0.15, -0.1) is 0 Å². The molecule has 5 aliphatic rings. The van der Waals surface area contributed by atoms with Gasteiger partial charge in [0.05, 0.1) is 24.9 Å². The van der Waals surface area contributed by atoms with Gasteiger partial charge in [-0.2, -0.15) is 0 Å². The normalized spacial score (nSPS) is 40.0. The van der Waals surface area contributed by atoms with Crippen LogP contribution in [-0.2, 0) is 9.47 Å². The predicted molar refractivity (Wildman–Crippen MR) is 116 cm³/mol. The van der Waals surface area contributed by atoms with Gasteiger partial charge in [-0.25, -0.2) is 4.79 Å². The molecule has 2 saturated heterocycles. The molecule has 1 aromatic rings. The van der Waals surface area contributed by atoms with Gasteiger partial charge in [-0.1, -0.05) is 20.8 Å². The van der Waals surface area contributed by atoms with Gasteiger partial charge in [-0.05, 0) is 61.0 Å². The predicted octanol–water partition coefficient (Wildman–Crippen LogP) is 2.92. The highest BCUT2D eigenvalue weighted by atomic mass is 16.6. The molecule has 1 aromatic heterocycles. The fourth-order valence-corrected chi connectivity index (χ4v) is 6.42. The highest BCUT2D eigenvalue weighted by Crippen LogP contribution is 2.62. The van der Waals surface area contributed by atoms with E-state index in [0.717, 1.165) is 29.8 Å². The molecular formula is C24H35N3O4. The second kappa shape index (κ2) is 7.93. The maximum absolute atomic E-state index is 12.6. The second-order valence-electron chi connectivity index (χ2n) is 10.5. The molecule has 31 heavy (non-hydrogen) atoms. The molecule has 3 aliphatic carbocycles. The topological polar surface area (TPSA) is 81.7 Å². The number of urea groups is 1. The number of aromatic nitrogens is 1. The minimum Gasteiger partial charge on any atom is -0.483 e. The maximum atomic E-state index is 12.6. The Balaban J connectivity index is 1.10. The molecule has 7 heteroatoms. The van der Waals surface area contributed by atoms with Crippen LogP contribution in [0.5, 0.6) is 5.75 Å². The molecule has 170 valence electrons. The van der Waals surface area contributed by atoms with E-state index in [9.17, 15) is 4.79 Å². The lowest BCUT2D eigenvalue weighted by molar-refractivity contribution is -0.127. The van der Waals surface area contributed by atoms with Crippen LogP contribution in [0.15, 0.2) is 18.3 Å². The average Bonchev–Trinajstić information content (AvgIpc) is 3.32. The van der Waals surface area contributed by atoms with E-state index < -0.39 is 0 Å². The zero-order chi connectivity index (χ0) is 21.8. The molecular weight excluding hydrogens is 394 g/mol. The Morgan fingerprint density at radius 2 is 2.06 bits per heavy atom. The SMILES string of the molecule is Cc1ncccc1O[C@H]1CO[C@H]2[C@@H]1OC[C@@H]2NC(=O)NC[C@@H]1C[C@@H]2CC([C@H]1C)C2(C)C. The highest BCUT2D eigenvalue weighted by Gasteiger charge is 2.56. The number of hydrogen-bond donors (Lipinski definition) is 2. The summed E-state index contributed by atoms with van der Waals surface area (Å²) in [5, 5.41) is 6.19. The van der Waals surface area contributed by atoms with Crippen LogP contribution in [0, 0.1) is 36.0 Å². The molecule has 2 N–H and O–H groups in total. The van der Waals surface area contributed by atoms with E-state index in [4.69, 9.17) is 14.2 Å². The van der Waals surface area contributed by atoms with Crippen molar-refractivity contribution < 1.29 is 19.0 Å². The molecule has 0 radical (unpaired) electrons. The average molecular weight is 430 g/mol. The standard InChI is InChI=1S/C24H35N3O4/c1-13-15(8-16-9-17(13)24(16,3)4)10-26-23(28)27-18-11-29-22-20(12-30-21(18)22)31-19-6-5-7-25-14(19)2/h5-7,13,15-18,20-22H,8-12H2,1-4H3,(H2,26,27,28)/t13-,15-,16+,17?,18-,20-,21+,22+/m0/s1. The zero-order valence-electron chi connectivity index (χ0n) is 19.0. The smallest absolute Gasteiger partial charge is 0.315 e. The first-order valence-electron chi connectivity index (χ1n) is 11.7. The lowest BCUT2D eigenvalue weighted by atomic mass is 9.43. The summed E-state index contributed by atoms with van der Waals surface area (Å²) in [5.41, 5.74) is 1.32. The van der Waals surface area contributed by atoms with Crippen molar-refractivity contribution in [3.05, 3.63) is 24.0 Å². The van der Waals surface area contributed by atoms with Crippen LogP contribution >= 0.6 is 0 Å². The molecule has 8 atom stereocenters. The summed E-state index contributed by atoms with van der Waals surface area (Å²) in [6, 6.07) is 3.48. The van der Waals surface area contributed by atoms with Gasteiger partial charge < -0.3 is 24.8 Å². The first kappa shape index (κ1) is 21.0. The van der Waals surface area contributed by atoms with E-state index in [-0.39, 0.29) is 30.4 Å². The van der Waals surface area contributed by atoms with E-state index in [1.54, 1.807) is 6.20 Å². The number of fused-ring (bicyclic) bond motifs is 3. The van der Waals surface area contributed by atoms with Crippen molar-refractivity contribution in [2.45, 2.75) is 64.9 Å². The Labute approximate surface area is 184 Å². The molecule has 7 nitrogen and oxygen atoms in total. The van der Waals surface area contributed by atoms with Crippen molar-refractivity contribution in [1.82, 2.24) is 15.6 Å². The van der Waals surface area contributed by atoms with Gasteiger partial charge in [0.25, 0.3) is 0 Å². The quantitative estimate of drug-likeness (QED) is 0.752. The van der Waals surface area contributed by atoms with Crippen LogP contribution in [0.4, 0.5) is 4.79 Å². The van der Waals surface area contributed by atoms with E-state index >= 15 is 0 Å². The molecule has 0 spiro atoms. The van der Waals surface area contributed by atoms with Crippen molar-refractivity contribution in [3.63, 3.8) is 0 Å². The fraction of sp³-hybridized carbons (Fsp3) is 0.750. The van der Waals surface area contributed by atoms with E-state index in [1.165, 1.54) is 12.8 Å². The molecule has 2 bridgehead atoms. The molecule has 0 aromatic carbocycles. The summed E-state index contributed by atoms with van der Waals surface area (Å²) in [4.78, 5) is 16.9. The Morgan fingerprint density at radius 3 is 2.81 bits per heavy atom. The minimum absolute atomic E-state index is 0.129. The van der Waals surface area contributed by atoms with Gasteiger partial charge in [0.2, 0.25) is 0 Å². The molecule has 2 amide bonds. The first-order chi connectivity index (χ1) is 14.8. The van der Waals surface area contributed by atoms with Gasteiger partial charge in [0.15, 0.2) is 6.10 Å². The Morgan fingerprint density at radius 1 is 1.26 bits per heavy atom. The first-order valence-corrected chi connectivity index (χ1v) is 11.7. The van der Waals surface area contributed by atoms with Crippen LogP contribution in [0.3, 0.4) is 0 Å². The Kier molecular flexibility index (Phi) is 5.37. The summed E-state index contributed by atoms with van der Waals surface area (Å²) >= 11 is 0. The molecule has 2 aliphatic heterocycles. The number of amides is 2. The Hall–Kier alpha value is -1.86. The number of nitrogens with one attached hydrogen (secondary N) is 2. The van der Waals surface area contributed by atoms with Crippen LogP contribution in [0.1, 0.15) is 39.3 Å².